The van der Waals surface area contributed by atoms with Crippen LogP contribution in [-0.4, -0.2) is 19.1 Å². The maximum atomic E-state index is 11.6. The van der Waals surface area contributed by atoms with E-state index in [0.717, 1.165) is 25.3 Å². The zero-order chi connectivity index (χ0) is 11.4. The minimum Gasteiger partial charge on any atom is -0.381 e. The fourth-order valence-electron chi connectivity index (χ4n) is 1.70. The third kappa shape index (κ3) is 2.83. The number of rotatable bonds is 4. The Morgan fingerprint density at radius 2 is 2.06 bits per heavy atom. The van der Waals surface area contributed by atoms with Crippen LogP contribution in [0.15, 0.2) is 24.3 Å². The van der Waals surface area contributed by atoms with Crippen LogP contribution in [0.1, 0.15) is 18.9 Å². The molecule has 0 saturated carbocycles. The van der Waals surface area contributed by atoms with E-state index in [9.17, 15) is 4.79 Å². The van der Waals surface area contributed by atoms with Crippen molar-refractivity contribution >= 4 is 11.6 Å². The van der Waals surface area contributed by atoms with Gasteiger partial charge in [0.25, 0.3) is 0 Å². The van der Waals surface area contributed by atoms with Crippen LogP contribution in [0.5, 0.6) is 0 Å². The number of aryl methyl sites for hydroxylation is 1. The maximum absolute atomic E-state index is 11.6. The van der Waals surface area contributed by atoms with Gasteiger partial charge in [-0.15, -0.1) is 0 Å². The molecule has 1 aliphatic heterocycles. The SMILES string of the molecule is CCc1ccc(NC(=O)CC2COC2)cc1. The zero-order valence-corrected chi connectivity index (χ0v) is 9.53. The number of hydrogen-bond donors (Lipinski definition) is 1. The highest BCUT2D eigenvalue weighted by Crippen LogP contribution is 2.16. The van der Waals surface area contributed by atoms with Gasteiger partial charge in [0.1, 0.15) is 0 Å². The van der Waals surface area contributed by atoms with Crippen LogP contribution in [0.2, 0.25) is 0 Å². The quantitative estimate of drug-likeness (QED) is 0.843. The maximum Gasteiger partial charge on any atom is 0.224 e. The summed E-state index contributed by atoms with van der Waals surface area (Å²) in [5, 5.41) is 2.90. The van der Waals surface area contributed by atoms with Crippen LogP contribution < -0.4 is 5.32 Å². The summed E-state index contributed by atoms with van der Waals surface area (Å²) in [4.78, 5) is 11.6. The van der Waals surface area contributed by atoms with Crippen molar-refractivity contribution in [1.29, 1.82) is 0 Å². The van der Waals surface area contributed by atoms with E-state index in [1.807, 2.05) is 24.3 Å². The van der Waals surface area contributed by atoms with Crippen LogP contribution >= 0.6 is 0 Å². The number of amides is 1. The minimum absolute atomic E-state index is 0.0811. The predicted molar refractivity (Wildman–Crippen MR) is 63.4 cm³/mol. The van der Waals surface area contributed by atoms with Gasteiger partial charge in [-0.2, -0.15) is 0 Å². The van der Waals surface area contributed by atoms with E-state index >= 15 is 0 Å². The lowest BCUT2D eigenvalue weighted by atomic mass is 10.0. The Labute approximate surface area is 95.8 Å². The van der Waals surface area contributed by atoms with Gasteiger partial charge in [0.15, 0.2) is 0 Å². The average molecular weight is 219 g/mol. The van der Waals surface area contributed by atoms with Gasteiger partial charge >= 0.3 is 0 Å². The molecule has 3 nitrogen and oxygen atoms in total. The van der Waals surface area contributed by atoms with Crippen molar-refractivity contribution in [3.05, 3.63) is 29.8 Å². The van der Waals surface area contributed by atoms with Crippen LogP contribution in [0.3, 0.4) is 0 Å². The summed E-state index contributed by atoms with van der Waals surface area (Å²) in [6.07, 6.45) is 1.59. The van der Waals surface area contributed by atoms with Gasteiger partial charge in [-0.1, -0.05) is 19.1 Å². The molecule has 1 aliphatic rings. The Balaban J connectivity index is 1.84. The van der Waals surface area contributed by atoms with Gasteiger partial charge in [-0.3, -0.25) is 4.79 Å². The summed E-state index contributed by atoms with van der Waals surface area (Å²) >= 11 is 0. The molecule has 1 aromatic rings. The molecular weight excluding hydrogens is 202 g/mol. The second kappa shape index (κ2) is 5.12. The van der Waals surface area contributed by atoms with Crippen molar-refractivity contribution in [3.63, 3.8) is 0 Å². The molecule has 0 radical (unpaired) electrons. The van der Waals surface area contributed by atoms with Crippen molar-refractivity contribution in [1.82, 2.24) is 0 Å². The standard InChI is InChI=1S/C13H17NO2/c1-2-10-3-5-12(6-4-10)14-13(15)7-11-8-16-9-11/h3-6,11H,2,7-9H2,1H3,(H,14,15). The van der Waals surface area contributed by atoms with Crippen LogP contribution in [0, 0.1) is 5.92 Å². The van der Waals surface area contributed by atoms with Gasteiger partial charge in [0, 0.05) is 18.0 Å². The number of ether oxygens (including phenoxy) is 1. The first-order valence-electron chi connectivity index (χ1n) is 5.74. The molecule has 2 rings (SSSR count). The molecule has 1 amide bonds. The first-order valence-corrected chi connectivity index (χ1v) is 5.74. The smallest absolute Gasteiger partial charge is 0.224 e. The van der Waals surface area contributed by atoms with Crippen molar-refractivity contribution in [3.8, 4) is 0 Å². The third-order valence-corrected chi connectivity index (χ3v) is 2.83. The molecule has 0 atom stereocenters. The summed E-state index contributed by atoms with van der Waals surface area (Å²) in [6.45, 7) is 3.56. The number of carbonyl (C=O) groups excluding carboxylic acids is 1. The highest BCUT2D eigenvalue weighted by Gasteiger charge is 2.21. The number of anilines is 1. The number of nitrogens with one attached hydrogen (secondary N) is 1. The molecule has 0 bridgehead atoms. The van der Waals surface area contributed by atoms with E-state index < -0.39 is 0 Å². The largest absolute Gasteiger partial charge is 0.381 e. The van der Waals surface area contributed by atoms with Gasteiger partial charge < -0.3 is 10.1 Å². The lowest BCUT2D eigenvalue weighted by Gasteiger charge is -2.25. The summed E-state index contributed by atoms with van der Waals surface area (Å²) in [5.74, 6) is 0.493. The molecule has 0 aliphatic carbocycles. The molecular formula is C13H17NO2. The lowest BCUT2D eigenvalue weighted by Crippen LogP contribution is -2.31. The fraction of sp³-hybridized carbons (Fsp3) is 0.462. The lowest BCUT2D eigenvalue weighted by molar-refractivity contribution is -0.121. The van der Waals surface area contributed by atoms with Crippen molar-refractivity contribution in [2.24, 2.45) is 5.92 Å². The highest BCUT2D eigenvalue weighted by molar-refractivity contribution is 5.90. The monoisotopic (exact) mass is 219 g/mol. The molecule has 1 heterocycles. The first kappa shape index (κ1) is 11.1. The van der Waals surface area contributed by atoms with E-state index in [2.05, 4.69) is 12.2 Å². The molecule has 1 aromatic carbocycles. The Hall–Kier alpha value is -1.35. The summed E-state index contributed by atoms with van der Waals surface area (Å²) in [5.41, 5.74) is 2.16. The predicted octanol–water partition coefficient (Wildman–Crippen LogP) is 2.22. The van der Waals surface area contributed by atoms with Crippen LogP contribution in [0.25, 0.3) is 0 Å². The highest BCUT2D eigenvalue weighted by atomic mass is 16.5. The van der Waals surface area contributed by atoms with Crippen LogP contribution in [0.4, 0.5) is 5.69 Å². The Morgan fingerprint density at radius 1 is 1.38 bits per heavy atom. The molecule has 0 unspecified atom stereocenters. The van der Waals surface area contributed by atoms with E-state index in [0.29, 0.717) is 12.3 Å². The molecule has 16 heavy (non-hydrogen) atoms. The van der Waals surface area contributed by atoms with E-state index in [1.54, 1.807) is 0 Å². The van der Waals surface area contributed by atoms with Crippen LogP contribution in [-0.2, 0) is 16.0 Å². The fourth-order valence-corrected chi connectivity index (χ4v) is 1.70. The first-order chi connectivity index (χ1) is 7.78. The molecule has 86 valence electrons. The van der Waals surface area contributed by atoms with Crippen molar-refractivity contribution in [2.45, 2.75) is 19.8 Å². The minimum atomic E-state index is 0.0811. The normalized spacial score (nSPS) is 15.6. The summed E-state index contributed by atoms with van der Waals surface area (Å²) in [7, 11) is 0. The second-order valence-electron chi connectivity index (χ2n) is 4.21. The number of carbonyl (C=O) groups is 1. The van der Waals surface area contributed by atoms with Gasteiger partial charge in [-0.25, -0.2) is 0 Å². The van der Waals surface area contributed by atoms with Gasteiger partial charge in [-0.05, 0) is 24.1 Å². The second-order valence-corrected chi connectivity index (χ2v) is 4.21. The van der Waals surface area contributed by atoms with E-state index in [-0.39, 0.29) is 5.91 Å². The summed E-state index contributed by atoms with van der Waals surface area (Å²) in [6, 6.07) is 7.99. The Bertz CT molecular complexity index is 355. The molecule has 1 N–H and O–H groups in total. The Kier molecular flexibility index (Phi) is 3.57. The third-order valence-electron chi connectivity index (χ3n) is 2.83. The Morgan fingerprint density at radius 3 is 2.56 bits per heavy atom. The van der Waals surface area contributed by atoms with E-state index in [4.69, 9.17) is 4.74 Å². The average Bonchev–Trinajstić information content (AvgIpc) is 2.25. The molecule has 1 fully saturated rings. The summed E-state index contributed by atoms with van der Waals surface area (Å²) < 4.78 is 5.04. The molecule has 0 spiro atoms. The number of hydrogen-bond acceptors (Lipinski definition) is 2. The van der Waals surface area contributed by atoms with Crippen molar-refractivity contribution in [2.75, 3.05) is 18.5 Å². The molecule has 3 heteroatoms. The zero-order valence-electron chi connectivity index (χ0n) is 9.53. The van der Waals surface area contributed by atoms with Gasteiger partial charge in [0.2, 0.25) is 5.91 Å². The molecule has 1 saturated heterocycles. The van der Waals surface area contributed by atoms with Crippen molar-refractivity contribution < 1.29 is 9.53 Å². The number of benzene rings is 1. The topological polar surface area (TPSA) is 38.3 Å². The van der Waals surface area contributed by atoms with E-state index in [1.165, 1.54) is 5.56 Å². The van der Waals surface area contributed by atoms with Gasteiger partial charge in [0.05, 0.1) is 13.2 Å². The molecule has 0 aromatic heterocycles.